The Morgan fingerprint density at radius 3 is 2.33 bits per heavy atom. The normalized spacial score (nSPS) is 31.4. The second-order valence-electron chi connectivity index (χ2n) is 5.61. The zero-order valence-electron chi connectivity index (χ0n) is 10.9. The SMILES string of the molecule is CCC(CC)CC1(CN)CCC(CC)C1. The minimum atomic E-state index is 0.511. The first-order valence-electron chi connectivity index (χ1n) is 6.89. The molecular weight excluding hydrogens is 182 g/mol. The van der Waals surface area contributed by atoms with E-state index in [-0.39, 0.29) is 0 Å². The highest BCUT2D eigenvalue weighted by Crippen LogP contribution is 2.47. The van der Waals surface area contributed by atoms with Crippen molar-refractivity contribution in [2.75, 3.05) is 6.54 Å². The molecule has 1 rings (SSSR count). The van der Waals surface area contributed by atoms with E-state index in [1.54, 1.807) is 0 Å². The fourth-order valence-electron chi connectivity index (χ4n) is 3.32. The molecule has 0 bridgehead atoms. The van der Waals surface area contributed by atoms with Gasteiger partial charge in [-0.2, -0.15) is 0 Å². The Balaban J connectivity index is 2.54. The first kappa shape index (κ1) is 13.0. The molecule has 2 N–H and O–H groups in total. The number of hydrogen-bond acceptors (Lipinski definition) is 1. The summed E-state index contributed by atoms with van der Waals surface area (Å²) in [6.45, 7) is 7.89. The van der Waals surface area contributed by atoms with Gasteiger partial charge in [0.1, 0.15) is 0 Å². The second kappa shape index (κ2) is 5.89. The largest absolute Gasteiger partial charge is 0.330 e. The summed E-state index contributed by atoms with van der Waals surface area (Å²) in [6.07, 6.45) is 9.60. The summed E-state index contributed by atoms with van der Waals surface area (Å²) < 4.78 is 0. The van der Waals surface area contributed by atoms with Crippen molar-refractivity contribution in [3.63, 3.8) is 0 Å². The number of hydrogen-bond donors (Lipinski definition) is 1. The summed E-state index contributed by atoms with van der Waals surface area (Å²) >= 11 is 0. The Morgan fingerprint density at radius 1 is 1.27 bits per heavy atom. The molecule has 1 nitrogen and oxygen atoms in total. The molecule has 0 aliphatic heterocycles. The van der Waals surface area contributed by atoms with Gasteiger partial charge in [0, 0.05) is 0 Å². The third-order valence-electron chi connectivity index (χ3n) is 4.69. The average molecular weight is 211 g/mol. The maximum atomic E-state index is 6.04. The van der Waals surface area contributed by atoms with Gasteiger partial charge in [-0.15, -0.1) is 0 Å². The van der Waals surface area contributed by atoms with Gasteiger partial charge in [-0.05, 0) is 49.5 Å². The molecule has 0 aromatic carbocycles. The van der Waals surface area contributed by atoms with Crippen LogP contribution in [0.2, 0.25) is 0 Å². The molecule has 0 aromatic heterocycles. The molecule has 1 heteroatoms. The van der Waals surface area contributed by atoms with Crippen LogP contribution in [0.25, 0.3) is 0 Å². The monoisotopic (exact) mass is 211 g/mol. The molecule has 0 saturated heterocycles. The molecule has 1 aliphatic rings. The summed E-state index contributed by atoms with van der Waals surface area (Å²) in [6, 6.07) is 0. The zero-order valence-corrected chi connectivity index (χ0v) is 10.9. The third kappa shape index (κ3) is 3.21. The molecule has 0 spiro atoms. The fraction of sp³-hybridized carbons (Fsp3) is 1.00. The molecule has 0 amide bonds. The Kier molecular flexibility index (Phi) is 5.11. The van der Waals surface area contributed by atoms with Crippen molar-refractivity contribution < 1.29 is 0 Å². The van der Waals surface area contributed by atoms with Crippen molar-refractivity contribution in [1.29, 1.82) is 0 Å². The molecule has 90 valence electrons. The van der Waals surface area contributed by atoms with Gasteiger partial charge in [-0.1, -0.05) is 40.0 Å². The quantitative estimate of drug-likeness (QED) is 0.707. The molecule has 0 heterocycles. The van der Waals surface area contributed by atoms with Crippen LogP contribution in [0.5, 0.6) is 0 Å². The van der Waals surface area contributed by atoms with E-state index in [0.717, 1.165) is 18.4 Å². The van der Waals surface area contributed by atoms with E-state index in [0.29, 0.717) is 5.41 Å². The van der Waals surface area contributed by atoms with Crippen LogP contribution in [-0.4, -0.2) is 6.54 Å². The molecule has 0 radical (unpaired) electrons. The van der Waals surface area contributed by atoms with E-state index in [2.05, 4.69) is 20.8 Å². The van der Waals surface area contributed by atoms with Crippen LogP contribution in [0.15, 0.2) is 0 Å². The van der Waals surface area contributed by atoms with E-state index in [1.165, 1.54) is 44.9 Å². The zero-order chi connectivity index (χ0) is 11.3. The average Bonchev–Trinajstić information content (AvgIpc) is 2.70. The fourth-order valence-corrected chi connectivity index (χ4v) is 3.32. The minimum Gasteiger partial charge on any atom is -0.330 e. The summed E-state index contributed by atoms with van der Waals surface area (Å²) in [5, 5.41) is 0. The molecular formula is C14H29N. The second-order valence-corrected chi connectivity index (χ2v) is 5.61. The van der Waals surface area contributed by atoms with Crippen molar-refractivity contribution in [3.05, 3.63) is 0 Å². The maximum Gasteiger partial charge on any atom is -0.00203 e. The van der Waals surface area contributed by atoms with Crippen LogP contribution >= 0.6 is 0 Å². The third-order valence-corrected chi connectivity index (χ3v) is 4.69. The van der Waals surface area contributed by atoms with Crippen LogP contribution in [-0.2, 0) is 0 Å². The molecule has 15 heavy (non-hydrogen) atoms. The van der Waals surface area contributed by atoms with Crippen molar-refractivity contribution >= 4 is 0 Å². The predicted octanol–water partition coefficient (Wildman–Crippen LogP) is 3.97. The predicted molar refractivity (Wildman–Crippen MR) is 67.8 cm³/mol. The van der Waals surface area contributed by atoms with Crippen molar-refractivity contribution in [2.45, 2.75) is 65.7 Å². The Hall–Kier alpha value is -0.0400. The van der Waals surface area contributed by atoms with E-state index < -0.39 is 0 Å². The lowest BCUT2D eigenvalue weighted by molar-refractivity contribution is 0.212. The Morgan fingerprint density at radius 2 is 1.93 bits per heavy atom. The van der Waals surface area contributed by atoms with Gasteiger partial charge in [0.15, 0.2) is 0 Å². The molecule has 1 aliphatic carbocycles. The van der Waals surface area contributed by atoms with Crippen LogP contribution in [0.1, 0.15) is 65.7 Å². The molecule has 2 atom stereocenters. The van der Waals surface area contributed by atoms with Crippen LogP contribution < -0.4 is 5.73 Å². The van der Waals surface area contributed by atoms with Gasteiger partial charge >= 0.3 is 0 Å². The number of nitrogens with two attached hydrogens (primary N) is 1. The summed E-state index contributed by atoms with van der Waals surface area (Å²) in [7, 11) is 0. The summed E-state index contributed by atoms with van der Waals surface area (Å²) in [5.74, 6) is 1.87. The van der Waals surface area contributed by atoms with E-state index >= 15 is 0 Å². The topological polar surface area (TPSA) is 26.0 Å². The van der Waals surface area contributed by atoms with Gasteiger partial charge in [0.25, 0.3) is 0 Å². The Labute approximate surface area is 95.8 Å². The highest BCUT2D eigenvalue weighted by molar-refractivity contribution is 4.90. The van der Waals surface area contributed by atoms with Crippen LogP contribution in [0.3, 0.4) is 0 Å². The van der Waals surface area contributed by atoms with Crippen LogP contribution in [0, 0.1) is 17.3 Å². The summed E-state index contributed by atoms with van der Waals surface area (Å²) in [5.41, 5.74) is 6.55. The smallest absolute Gasteiger partial charge is 0.00203 e. The minimum absolute atomic E-state index is 0.511. The van der Waals surface area contributed by atoms with E-state index in [4.69, 9.17) is 5.73 Å². The van der Waals surface area contributed by atoms with Gasteiger partial charge in [-0.3, -0.25) is 0 Å². The number of rotatable bonds is 6. The van der Waals surface area contributed by atoms with Crippen molar-refractivity contribution in [2.24, 2.45) is 23.0 Å². The highest BCUT2D eigenvalue weighted by Gasteiger charge is 2.38. The van der Waals surface area contributed by atoms with Crippen LogP contribution in [0.4, 0.5) is 0 Å². The van der Waals surface area contributed by atoms with Crippen molar-refractivity contribution in [1.82, 2.24) is 0 Å². The van der Waals surface area contributed by atoms with Gasteiger partial charge < -0.3 is 5.73 Å². The van der Waals surface area contributed by atoms with Gasteiger partial charge in [0.2, 0.25) is 0 Å². The highest BCUT2D eigenvalue weighted by atomic mass is 14.6. The van der Waals surface area contributed by atoms with Gasteiger partial charge in [0.05, 0.1) is 0 Å². The lowest BCUT2D eigenvalue weighted by atomic mass is 9.75. The molecule has 0 aromatic rings. The first-order chi connectivity index (χ1) is 7.19. The molecule has 1 fully saturated rings. The van der Waals surface area contributed by atoms with Gasteiger partial charge in [-0.25, -0.2) is 0 Å². The van der Waals surface area contributed by atoms with E-state index in [9.17, 15) is 0 Å². The maximum absolute atomic E-state index is 6.04. The summed E-state index contributed by atoms with van der Waals surface area (Å²) in [4.78, 5) is 0. The Bertz CT molecular complexity index is 174. The lowest BCUT2D eigenvalue weighted by Crippen LogP contribution is -2.30. The molecule has 2 unspecified atom stereocenters. The first-order valence-corrected chi connectivity index (χ1v) is 6.89. The lowest BCUT2D eigenvalue weighted by Gasteiger charge is -2.31. The standard InChI is InChI=1S/C14H29N/c1-4-12(5-2)9-14(11-15)8-7-13(6-3)10-14/h12-13H,4-11,15H2,1-3H3. The van der Waals surface area contributed by atoms with Crippen molar-refractivity contribution in [3.8, 4) is 0 Å². The molecule has 1 saturated carbocycles. The van der Waals surface area contributed by atoms with E-state index in [1.807, 2.05) is 0 Å².